The number of carbonyl (C=O) groups excluding carboxylic acids is 1. The van der Waals surface area contributed by atoms with Gasteiger partial charge in [-0.1, -0.05) is 0 Å². The second-order valence-corrected chi connectivity index (χ2v) is 5.64. The average Bonchev–Trinajstić information content (AvgIpc) is 2.26. The van der Waals surface area contributed by atoms with Crippen LogP contribution in [0.4, 0.5) is 4.79 Å². The third kappa shape index (κ3) is 3.10. The molecule has 2 heterocycles. The third-order valence-corrected chi connectivity index (χ3v) is 3.08. The van der Waals surface area contributed by atoms with Gasteiger partial charge in [-0.25, -0.2) is 4.79 Å². The van der Waals surface area contributed by atoms with Gasteiger partial charge < -0.3 is 14.8 Å². The molecule has 2 fully saturated rings. The van der Waals surface area contributed by atoms with Gasteiger partial charge in [0.15, 0.2) is 0 Å². The molecule has 2 atom stereocenters. The van der Waals surface area contributed by atoms with Gasteiger partial charge >= 0.3 is 6.09 Å². The Morgan fingerprint density at radius 2 is 2.24 bits per heavy atom. The highest BCUT2D eigenvalue weighted by Gasteiger charge is 2.38. The highest BCUT2D eigenvalue weighted by molar-refractivity contribution is 5.68. The van der Waals surface area contributed by atoms with Crippen molar-refractivity contribution in [3.8, 4) is 0 Å². The maximum atomic E-state index is 12.1. The number of rotatable bonds is 0. The molecule has 0 aromatic heterocycles. The number of nitrogens with zero attached hydrogens (tertiary/aromatic N) is 1. The molecule has 5 heteroatoms. The predicted molar refractivity (Wildman–Crippen MR) is 64.0 cm³/mol. The van der Waals surface area contributed by atoms with Crippen LogP contribution in [-0.2, 0) is 9.47 Å². The van der Waals surface area contributed by atoms with E-state index in [4.69, 9.17) is 9.47 Å². The number of fused-ring (bicyclic) bond motifs is 1. The van der Waals surface area contributed by atoms with Crippen molar-refractivity contribution in [1.29, 1.82) is 0 Å². The van der Waals surface area contributed by atoms with Gasteiger partial charge in [-0.15, -0.1) is 0 Å². The van der Waals surface area contributed by atoms with Crippen LogP contribution < -0.4 is 5.32 Å². The normalized spacial score (nSPS) is 29.7. The summed E-state index contributed by atoms with van der Waals surface area (Å²) in [6.07, 6.45) is 0.904. The van der Waals surface area contributed by atoms with Crippen LogP contribution in [0.15, 0.2) is 0 Å². The molecular formula is C12H22N2O3. The van der Waals surface area contributed by atoms with Crippen LogP contribution in [0.25, 0.3) is 0 Å². The van der Waals surface area contributed by atoms with Crippen molar-refractivity contribution in [3.63, 3.8) is 0 Å². The first-order chi connectivity index (χ1) is 7.97. The van der Waals surface area contributed by atoms with Crippen molar-refractivity contribution in [2.75, 3.05) is 26.2 Å². The zero-order chi connectivity index (χ0) is 12.5. The standard InChI is InChI=1S/C12H22N2O3/c1-12(2,3)17-11(15)14-6-7-16-10-4-5-13-8-9(10)14/h9-10,13H,4-8H2,1-3H3. The number of nitrogens with one attached hydrogen (secondary N) is 1. The Morgan fingerprint density at radius 3 is 2.94 bits per heavy atom. The summed E-state index contributed by atoms with van der Waals surface area (Å²) >= 11 is 0. The second kappa shape index (κ2) is 4.82. The summed E-state index contributed by atoms with van der Waals surface area (Å²) in [5.74, 6) is 0. The van der Waals surface area contributed by atoms with E-state index in [-0.39, 0.29) is 18.2 Å². The molecule has 1 amide bonds. The maximum Gasteiger partial charge on any atom is 0.410 e. The molecule has 1 N–H and O–H groups in total. The Kier molecular flexibility index (Phi) is 3.58. The monoisotopic (exact) mass is 242 g/mol. The van der Waals surface area contributed by atoms with Gasteiger partial charge in [-0.3, -0.25) is 4.90 Å². The molecule has 5 nitrogen and oxygen atoms in total. The number of piperidine rings is 1. The minimum atomic E-state index is -0.438. The van der Waals surface area contributed by atoms with E-state index < -0.39 is 5.60 Å². The average molecular weight is 242 g/mol. The topological polar surface area (TPSA) is 50.8 Å². The predicted octanol–water partition coefficient (Wildman–Crippen LogP) is 0.984. The maximum absolute atomic E-state index is 12.1. The van der Waals surface area contributed by atoms with E-state index in [9.17, 15) is 4.79 Å². The van der Waals surface area contributed by atoms with E-state index in [1.54, 1.807) is 0 Å². The largest absolute Gasteiger partial charge is 0.444 e. The van der Waals surface area contributed by atoms with E-state index in [1.807, 2.05) is 25.7 Å². The second-order valence-electron chi connectivity index (χ2n) is 5.64. The summed E-state index contributed by atoms with van der Waals surface area (Å²) in [4.78, 5) is 13.9. The summed E-state index contributed by atoms with van der Waals surface area (Å²) in [6, 6.07) is 0.118. The third-order valence-electron chi connectivity index (χ3n) is 3.08. The van der Waals surface area contributed by atoms with E-state index in [1.165, 1.54) is 0 Å². The molecule has 2 saturated heterocycles. The van der Waals surface area contributed by atoms with Gasteiger partial charge in [0.05, 0.1) is 18.8 Å². The van der Waals surface area contributed by atoms with Crippen molar-refractivity contribution < 1.29 is 14.3 Å². The van der Waals surface area contributed by atoms with E-state index in [2.05, 4.69) is 5.32 Å². The molecule has 2 rings (SSSR count). The van der Waals surface area contributed by atoms with Gasteiger partial charge in [-0.2, -0.15) is 0 Å². The Labute approximate surface area is 102 Å². The molecule has 2 aliphatic heterocycles. The first kappa shape index (κ1) is 12.6. The first-order valence-electron chi connectivity index (χ1n) is 6.29. The number of morpholine rings is 1. The Hall–Kier alpha value is -0.810. The highest BCUT2D eigenvalue weighted by Crippen LogP contribution is 2.21. The Bertz CT molecular complexity index is 286. The van der Waals surface area contributed by atoms with Crippen LogP contribution in [0.5, 0.6) is 0 Å². The lowest BCUT2D eigenvalue weighted by atomic mass is 10.0. The van der Waals surface area contributed by atoms with E-state index in [0.717, 1.165) is 19.5 Å². The zero-order valence-electron chi connectivity index (χ0n) is 10.9. The minimum Gasteiger partial charge on any atom is -0.444 e. The van der Waals surface area contributed by atoms with Crippen LogP contribution >= 0.6 is 0 Å². The van der Waals surface area contributed by atoms with Gasteiger partial charge in [-0.05, 0) is 33.7 Å². The van der Waals surface area contributed by atoms with Crippen LogP contribution in [0.2, 0.25) is 0 Å². The number of hydrogen-bond donors (Lipinski definition) is 1. The van der Waals surface area contributed by atoms with E-state index >= 15 is 0 Å². The summed E-state index contributed by atoms with van der Waals surface area (Å²) in [5, 5.41) is 3.30. The summed E-state index contributed by atoms with van der Waals surface area (Å²) < 4.78 is 11.1. The molecule has 0 bridgehead atoms. The van der Waals surface area contributed by atoms with Crippen molar-refractivity contribution >= 4 is 6.09 Å². The fraction of sp³-hybridized carbons (Fsp3) is 0.917. The molecule has 0 aromatic rings. The van der Waals surface area contributed by atoms with Crippen LogP contribution in [0.3, 0.4) is 0 Å². The fourth-order valence-electron chi connectivity index (χ4n) is 2.34. The van der Waals surface area contributed by atoms with Crippen molar-refractivity contribution in [2.24, 2.45) is 0 Å². The number of carbonyl (C=O) groups is 1. The van der Waals surface area contributed by atoms with Gasteiger partial charge in [0.2, 0.25) is 0 Å². The number of hydrogen-bond acceptors (Lipinski definition) is 4. The molecule has 2 aliphatic rings. The van der Waals surface area contributed by atoms with Crippen molar-refractivity contribution in [1.82, 2.24) is 10.2 Å². The van der Waals surface area contributed by atoms with Crippen molar-refractivity contribution in [2.45, 2.75) is 44.9 Å². The lowest BCUT2D eigenvalue weighted by Crippen LogP contribution is -2.61. The number of amides is 1. The lowest BCUT2D eigenvalue weighted by molar-refractivity contribution is -0.0849. The molecule has 0 radical (unpaired) electrons. The SMILES string of the molecule is CC(C)(C)OC(=O)N1CCOC2CCNCC21. The molecular weight excluding hydrogens is 220 g/mol. The fourth-order valence-corrected chi connectivity index (χ4v) is 2.34. The highest BCUT2D eigenvalue weighted by atomic mass is 16.6. The molecule has 0 saturated carbocycles. The molecule has 0 aromatic carbocycles. The molecule has 0 spiro atoms. The van der Waals surface area contributed by atoms with Gasteiger partial charge in [0.1, 0.15) is 5.60 Å². The zero-order valence-corrected chi connectivity index (χ0v) is 10.9. The smallest absolute Gasteiger partial charge is 0.410 e. The Balaban J connectivity index is 2.01. The van der Waals surface area contributed by atoms with E-state index in [0.29, 0.717) is 13.2 Å². The lowest BCUT2D eigenvalue weighted by Gasteiger charge is -2.43. The van der Waals surface area contributed by atoms with Crippen LogP contribution in [0.1, 0.15) is 27.2 Å². The minimum absolute atomic E-state index is 0.118. The molecule has 0 aliphatic carbocycles. The summed E-state index contributed by atoms with van der Waals surface area (Å²) in [7, 11) is 0. The molecule has 17 heavy (non-hydrogen) atoms. The van der Waals surface area contributed by atoms with Crippen LogP contribution in [0, 0.1) is 0 Å². The summed E-state index contributed by atoms with van der Waals surface area (Å²) in [5.41, 5.74) is -0.438. The quantitative estimate of drug-likeness (QED) is 0.688. The van der Waals surface area contributed by atoms with Gasteiger partial charge in [0.25, 0.3) is 0 Å². The number of ether oxygens (including phenoxy) is 2. The van der Waals surface area contributed by atoms with Gasteiger partial charge in [0, 0.05) is 13.1 Å². The summed E-state index contributed by atoms with van der Waals surface area (Å²) in [6.45, 7) is 8.66. The molecule has 98 valence electrons. The Morgan fingerprint density at radius 1 is 1.47 bits per heavy atom. The van der Waals surface area contributed by atoms with Crippen molar-refractivity contribution in [3.05, 3.63) is 0 Å². The van der Waals surface area contributed by atoms with Crippen LogP contribution in [-0.4, -0.2) is 55.0 Å². The first-order valence-corrected chi connectivity index (χ1v) is 6.29. The molecule has 2 unspecified atom stereocenters.